The Morgan fingerprint density at radius 3 is 2.44 bits per heavy atom. The minimum absolute atomic E-state index is 0.174. The molecule has 97 valence electrons. The molecule has 0 heterocycles. The number of hydrogen-bond acceptors (Lipinski definition) is 3. The van der Waals surface area contributed by atoms with Gasteiger partial charge in [-0.25, -0.2) is 4.79 Å². The molecule has 0 bridgehead atoms. The van der Waals surface area contributed by atoms with Gasteiger partial charge in [0.1, 0.15) is 12.4 Å². The van der Waals surface area contributed by atoms with Crippen LogP contribution in [0.15, 0.2) is 30.3 Å². The number of hydrogen-bond donors (Lipinski definition) is 1. The predicted octanol–water partition coefficient (Wildman–Crippen LogP) is 2.48. The lowest BCUT2D eigenvalue weighted by atomic mass is 9.99. The lowest BCUT2D eigenvalue weighted by Gasteiger charge is -2.24. The maximum absolute atomic E-state index is 11.5. The summed E-state index contributed by atoms with van der Waals surface area (Å²) in [5, 5.41) is 2.64. The number of ether oxygens (including phenoxy) is 1. The fourth-order valence-electron chi connectivity index (χ4n) is 1.57. The van der Waals surface area contributed by atoms with Crippen molar-refractivity contribution in [3.8, 4) is 0 Å². The third-order valence-corrected chi connectivity index (χ3v) is 2.29. The monoisotopic (exact) mass is 248 g/mol. The first-order valence-electron chi connectivity index (χ1n) is 5.73. The number of benzene rings is 1. The van der Waals surface area contributed by atoms with Crippen molar-refractivity contribution in [2.75, 3.05) is 0 Å². The molecule has 0 aliphatic heterocycles. The molecular formula is C14H18NO3. The van der Waals surface area contributed by atoms with E-state index in [2.05, 4.69) is 12.2 Å². The molecule has 0 saturated heterocycles. The Morgan fingerprint density at radius 1 is 1.28 bits per heavy atom. The van der Waals surface area contributed by atoms with Gasteiger partial charge in [0.15, 0.2) is 0 Å². The number of ketones is 1. The van der Waals surface area contributed by atoms with E-state index in [4.69, 9.17) is 4.74 Å². The van der Waals surface area contributed by atoms with Crippen LogP contribution in [0, 0.1) is 6.92 Å². The third-order valence-electron chi connectivity index (χ3n) is 2.29. The fourth-order valence-corrected chi connectivity index (χ4v) is 1.57. The van der Waals surface area contributed by atoms with Crippen LogP contribution in [0.5, 0.6) is 0 Å². The van der Waals surface area contributed by atoms with Crippen molar-refractivity contribution < 1.29 is 14.3 Å². The van der Waals surface area contributed by atoms with Crippen LogP contribution in [0.25, 0.3) is 0 Å². The molecule has 1 N–H and O–H groups in total. The van der Waals surface area contributed by atoms with Crippen LogP contribution in [-0.4, -0.2) is 17.4 Å². The highest BCUT2D eigenvalue weighted by molar-refractivity contribution is 5.84. The van der Waals surface area contributed by atoms with Gasteiger partial charge in [-0.1, -0.05) is 30.3 Å². The van der Waals surface area contributed by atoms with E-state index in [1.54, 1.807) is 13.8 Å². The zero-order valence-electron chi connectivity index (χ0n) is 10.7. The van der Waals surface area contributed by atoms with Crippen LogP contribution in [0.2, 0.25) is 0 Å². The highest BCUT2D eigenvalue weighted by Crippen LogP contribution is 2.09. The SMILES string of the molecule is [CH2]C(=O)CC(C)(C)NC(=O)OCc1ccccc1. The molecule has 0 unspecified atom stereocenters. The van der Waals surface area contributed by atoms with E-state index in [9.17, 15) is 9.59 Å². The maximum atomic E-state index is 11.5. The van der Waals surface area contributed by atoms with E-state index >= 15 is 0 Å². The molecular weight excluding hydrogens is 230 g/mol. The fraction of sp³-hybridized carbons (Fsp3) is 0.357. The molecule has 0 aromatic heterocycles. The molecule has 0 fully saturated rings. The summed E-state index contributed by atoms with van der Waals surface area (Å²) in [7, 11) is 0. The summed E-state index contributed by atoms with van der Waals surface area (Å²) in [5.74, 6) is -0.219. The van der Waals surface area contributed by atoms with E-state index in [1.165, 1.54) is 0 Å². The number of Topliss-reactive ketones (excluding diaryl/α,β-unsaturated/α-hetero) is 1. The van der Waals surface area contributed by atoms with Crippen LogP contribution in [0.4, 0.5) is 4.79 Å². The molecule has 1 aromatic carbocycles. The van der Waals surface area contributed by atoms with Gasteiger partial charge in [0, 0.05) is 18.9 Å². The summed E-state index contributed by atoms with van der Waals surface area (Å²) in [6.45, 7) is 7.00. The van der Waals surface area contributed by atoms with Gasteiger partial charge in [0.2, 0.25) is 0 Å². The van der Waals surface area contributed by atoms with Crippen molar-refractivity contribution in [3.63, 3.8) is 0 Å². The highest BCUT2D eigenvalue weighted by atomic mass is 16.5. The number of carbonyl (C=O) groups is 2. The maximum Gasteiger partial charge on any atom is 0.407 e. The van der Waals surface area contributed by atoms with Crippen LogP contribution in [0.1, 0.15) is 25.8 Å². The minimum Gasteiger partial charge on any atom is -0.445 e. The lowest BCUT2D eigenvalue weighted by Crippen LogP contribution is -2.44. The van der Waals surface area contributed by atoms with E-state index in [0.717, 1.165) is 5.56 Å². The Morgan fingerprint density at radius 2 is 1.89 bits per heavy atom. The lowest BCUT2D eigenvalue weighted by molar-refractivity contribution is -0.115. The summed E-state index contributed by atoms with van der Waals surface area (Å²) in [4.78, 5) is 22.5. The molecule has 0 saturated carbocycles. The van der Waals surface area contributed by atoms with Gasteiger partial charge in [0.25, 0.3) is 0 Å². The quantitative estimate of drug-likeness (QED) is 0.871. The third kappa shape index (κ3) is 5.48. The van der Waals surface area contributed by atoms with Crippen LogP contribution >= 0.6 is 0 Å². The van der Waals surface area contributed by atoms with Gasteiger partial charge in [-0.2, -0.15) is 0 Å². The average molecular weight is 248 g/mol. The van der Waals surface area contributed by atoms with Gasteiger partial charge in [0.05, 0.1) is 0 Å². The van der Waals surface area contributed by atoms with Gasteiger partial charge in [-0.15, -0.1) is 0 Å². The predicted molar refractivity (Wildman–Crippen MR) is 68.8 cm³/mol. The second-order valence-corrected chi connectivity index (χ2v) is 4.79. The molecule has 1 amide bonds. The largest absolute Gasteiger partial charge is 0.445 e. The number of nitrogens with one attached hydrogen (secondary N) is 1. The molecule has 18 heavy (non-hydrogen) atoms. The van der Waals surface area contributed by atoms with Gasteiger partial charge in [-0.05, 0) is 19.4 Å². The van der Waals surface area contributed by atoms with Crippen LogP contribution in [0.3, 0.4) is 0 Å². The smallest absolute Gasteiger partial charge is 0.407 e. The normalized spacial score (nSPS) is 10.8. The van der Waals surface area contributed by atoms with Crippen molar-refractivity contribution >= 4 is 11.9 Å². The van der Waals surface area contributed by atoms with Crippen molar-refractivity contribution in [2.45, 2.75) is 32.4 Å². The van der Waals surface area contributed by atoms with Gasteiger partial charge >= 0.3 is 6.09 Å². The van der Waals surface area contributed by atoms with Crippen molar-refractivity contribution in [1.82, 2.24) is 5.32 Å². The molecule has 1 radical (unpaired) electrons. The van der Waals surface area contributed by atoms with Crippen LogP contribution < -0.4 is 5.32 Å². The Balaban J connectivity index is 2.40. The second-order valence-electron chi connectivity index (χ2n) is 4.79. The van der Waals surface area contributed by atoms with E-state index < -0.39 is 11.6 Å². The number of carbonyl (C=O) groups excluding carboxylic acids is 2. The Labute approximate surface area is 107 Å². The molecule has 4 nitrogen and oxygen atoms in total. The van der Waals surface area contributed by atoms with E-state index in [-0.39, 0.29) is 18.8 Å². The average Bonchev–Trinajstić information content (AvgIpc) is 2.25. The zero-order valence-corrected chi connectivity index (χ0v) is 10.7. The Kier molecular flexibility index (Phi) is 4.89. The Bertz CT molecular complexity index is 412. The first kappa shape index (κ1) is 14.2. The minimum atomic E-state index is -0.646. The first-order valence-corrected chi connectivity index (χ1v) is 5.73. The molecule has 1 rings (SSSR count). The van der Waals surface area contributed by atoms with Gasteiger partial charge in [-0.3, -0.25) is 4.79 Å². The van der Waals surface area contributed by atoms with E-state index in [0.29, 0.717) is 0 Å². The topological polar surface area (TPSA) is 55.4 Å². The zero-order chi connectivity index (χ0) is 13.6. The summed E-state index contributed by atoms with van der Waals surface area (Å²) in [6.07, 6.45) is -0.363. The highest BCUT2D eigenvalue weighted by Gasteiger charge is 2.22. The second kappa shape index (κ2) is 6.19. The molecule has 1 aromatic rings. The summed E-state index contributed by atoms with van der Waals surface area (Å²) in [5.41, 5.74) is 0.269. The van der Waals surface area contributed by atoms with Crippen molar-refractivity contribution in [1.29, 1.82) is 0 Å². The standard InChI is InChI=1S/C14H18NO3/c1-11(16)9-14(2,3)15-13(17)18-10-12-7-5-4-6-8-12/h4-8H,1,9-10H2,2-3H3,(H,15,17). The summed E-state index contributed by atoms with van der Waals surface area (Å²) in [6, 6.07) is 9.40. The molecule has 4 heteroatoms. The van der Waals surface area contributed by atoms with Gasteiger partial charge < -0.3 is 10.1 Å². The van der Waals surface area contributed by atoms with Crippen molar-refractivity contribution in [2.24, 2.45) is 0 Å². The molecule has 0 aliphatic carbocycles. The Hall–Kier alpha value is -1.84. The van der Waals surface area contributed by atoms with Crippen molar-refractivity contribution in [3.05, 3.63) is 42.8 Å². The molecule has 0 spiro atoms. The first-order chi connectivity index (χ1) is 8.39. The van der Waals surface area contributed by atoms with Crippen LogP contribution in [-0.2, 0) is 16.1 Å². The van der Waals surface area contributed by atoms with E-state index in [1.807, 2.05) is 30.3 Å². The molecule has 0 atom stereocenters. The summed E-state index contributed by atoms with van der Waals surface area (Å²) < 4.78 is 5.06. The number of alkyl carbamates (subject to hydrolysis) is 1. The molecule has 0 aliphatic rings. The number of rotatable bonds is 5. The number of amides is 1. The summed E-state index contributed by atoms with van der Waals surface area (Å²) >= 11 is 0.